The van der Waals surface area contributed by atoms with Gasteiger partial charge in [-0.3, -0.25) is 4.79 Å². The predicted molar refractivity (Wildman–Crippen MR) is 79.5 cm³/mol. The number of carbonyl (C=O) groups is 2. The summed E-state index contributed by atoms with van der Waals surface area (Å²) in [5.74, 6) is -1.03. The first kappa shape index (κ1) is 15.0. The van der Waals surface area contributed by atoms with Crippen molar-refractivity contribution in [2.45, 2.75) is 38.1 Å². The molecule has 1 aliphatic rings. The van der Waals surface area contributed by atoms with Crippen LogP contribution < -0.4 is 0 Å². The SMILES string of the molecule is CC1(C(=O)O)CCCCN1C(=O)Cc1ccc(Br)cc1. The van der Waals surface area contributed by atoms with Crippen LogP contribution in [-0.2, 0) is 16.0 Å². The number of carbonyl (C=O) groups excluding carboxylic acids is 1. The first-order valence-corrected chi connectivity index (χ1v) is 7.51. The van der Waals surface area contributed by atoms with Crippen molar-refractivity contribution in [1.82, 2.24) is 4.90 Å². The smallest absolute Gasteiger partial charge is 0.329 e. The van der Waals surface area contributed by atoms with Gasteiger partial charge in [-0.25, -0.2) is 4.79 Å². The molecule has 108 valence electrons. The Morgan fingerprint density at radius 1 is 1.30 bits per heavy atom. The summed E-state index contributed by atoms with van der Waals surface area (Å²) < 4.78 is 0.960. The molecule has 1 fully saturated rings. The molecule has 1 N–H and O–H groups in total. The molecule has 0 radical (unpaired) electrons. The van der Waals surface area contributed by atoms with E-state index in [0.29, 0.717) is 13.0 Å². The van der Waals surface area contributed by atoms with Crippen LogP contribution in [-0.4, -0.2) is 34.0 Å². The molecule has 1 heterocycles. The molecule has 4 nitrogen and oxygen atoms in total. The largest absolute Gasteiger partial charge is 0.480 e. The maximum atomic E-state index is 12.4. The molecule has 1 aromatic carbocycles. The molecular weight excluding hydrogens is 322 g/mol. The quantitative estimate of drug-likeness (QED) is 0.921. The number of hydrogen-bond donors (Lipinski definition) is 1. The second-order valence-electron chi connectivity index (χ2n) is 5.38. The number of rotatable bonds is 3. The van der Waals surface area contributed by atoms with Crippen LogP contribution in [0.15, 0.2) is 28.7 Å². The Morgan fingerprint density at radius 3 is 2.55 bits per heavy atom. The molecule has 5 heteroatoms. The van der Waals surface area contributed by atoms with Crippen molar-refractivity contribution in [3.05, 3.63) is 34.3 Å². The predicted octanol–water partition coefficient (Wildman–Crippen LogP) is 2.85. The lowest BCUT2D eigenvalue weighted by Crippen LogP contribution is -2.57. The fourth-order valence-corrected chi connectivity index (χ4v) is 2.88. The van der Waals surface area contributed by atoms with E-state index in [9.17, 15) is 14.7 Å². The molecule has 0 aliphatic carbocycles. The van der Waals surface area contributed by atoms with E-state index >= 15 is 0 Å². The third kappa shape index (κ3) is 3.03. The molecule has 1 saturated heterocycles. The number of likely N-dealkylation sites (tertiary alicyclic amines) is 1. The molecule has 0 saturated carbocycles. The minimum Gasteiger partial charge on any atom is -0.480 e. The number of carboxylic acids is 1. The highest BCUT2D eigenvalue weighted by molar-refractivity contribution is 9.10. The van der Waals surface area contributed by atoms with Gasteiger partial charge >= 0.3 is 5.97 Å². The van der Waals surface area contributed by atoms with Crippen molar-refractivity contribution in [3.8, 4) is 0 Å². The highest BCUT2D eigenvalue weighted by atomic mass is 79.9. The highest BCUT2D eigenvalue weighted by Crippen LogP contribution is 2.29. The topological polar surface area (TPSA) is 57.6 Å². The van der Waals surface area contributed by atoms with E-state index in [1.807, 2.05) is 24.3 Å². The lowest BCUT2D eigenvalue weighted by Gasteiger charge is -2.41. The van der Waals surface area contributed by atoms with E-state index in [0.717, 1.165) is 22.9 Å². The number of piperidine rings is 1. The second-order valence-corrected chi connectivity index (χ2v) is 6.30. The maximum absolute atomic E-state index is 12.4. The Labute approximate surface area is 126 Å². The molecule has 1 aliphatic heterocycles. The Kier molecular flexibility index (Phi) is 4.48. The van der Waals surface area contributed by atoms with E-state index in [4.69, 9.17) is 0 Å². The Balaban J connectivity index is 2.14. The van der Waals surface area contributed by atoms with Gasteiger partial charge in [-0.2, -0.15) is 0 Å². The van der Waals surface area contributed by atoms with Crippen molar-refractivity contribution in [2.75, 3.05) is 6.54 Å². The van der Waals surface area contributed by atoms with Gasteiger partial charge in [0.15, 0.2) is 0 Å². The van der Waals surface area contributed by atoms with E-state index < -0.39 is 11.5 Å². The van der Waals surface area contributed by atoms with Crippen molar-refractivity contribution in [2.24, 2.45) is 0 Å². The van der Waals surface area contributed by atoms with Gasteiger partial charge < -0.3 is 10.0 Å². The molecule has 0 aromatic heterocycles. The van der Waals surface area contributed by atoms with Gasteiger partial charge in [-0.05, 0) is 43.9 Å². The standard InChI is InChI=1S/C15H18BrNO3/c1-15(14(19)20)8-2-3-9-17(15)13(18)10-11-4-6-12(16)7-5-11/h4-7H,2-3,8-10H2,1H3,(H,19,20). The first-order valence-electron chi connectivity index (χ1n) is 6.72. The van der Waals surface area contributed by atoms with Gasteiger partial charge in [0.05, 0.1) is 6.42 Å². The number of carboxylic acid groups (broad SMARTS) is 1. The van der Waals surface area contributed by atoms with Crippen LogP contribution in [0.3, 0.4) is 0 Å². The van der Waals surface area contributed by atoms with E-state index in [2.05, 4.69) is 15.9 Å². The molecule has 1 amide bonds. The van der Waals surface area contributed by atoms with Crippen molar-refractivity contribution in [1.29, 1.82) is 0 Å². The van der Waals surface area contributed by atoms with Crippen LogP contribution in [0, 0.1) is 0 Å². The minimum absolute atomic E-state index is 0.114. The average molecular weight is 340 g/mol. The fourth-order valence-electron chi connectivity index (χ4n) is 2.62. The number of nitrogens with zero attached hydrogens (tertiary/aromatic N) is 1. The molecule has 20 heavy (non-hydrogen) atoms. The lowest BCUT2D eigenvalue weighted by molar-refractivity contribution is -0.160. The van der Waals surface area contributed by atoms with Crippen LogP contribution in [0.2, 0.25) is 0 Å². The summed E-state index contributed by atoms with van der Waals surface area (Å²) in [5, 5.41) is 9.42. The summed E-state index contributed by atoms with van der Waals surface area (Å²) in [7, 11) is 0. The zero-order valence-corrected chi connectivity index (χ0v) is 13.0. The third-order valence-electron chi connectivity index (χ3n) is 3.92. The van der Waals surface area contributed by atoms with E-state index in [-0.39, 0.29) is 12.3 Å². The van der Waals surface area contributed by atoms with Crippen LogP contribution >= 0.6 is 15.9 Å². The molecule has 1 aromatic rings. The van der Waals surface area contributed by atoms with Crippen LogP contribution in [0.25, 0.3) is 0 Å². The first-order chi connectivity index (χ1) is 9.43. The Morgan fingerprint density at radius 2 is 1.95 bits per heavy atom. The monoisotopic (exact) mass is 339 g/mol. The zero-order valence-electron chi connectivity index (χ0n) is 11.4. The highest BCUT2D eigenvalue weighted by Gasteiger charge is 2.43. The Hall–Kier alpha value is -1.36. The molecule has 0 bridgehead atoms. The number of aliphatic carboxylic acids is 1. The van der Waals surface area contributed by atoms with Crippen molar-refractivity contribution < 1.29 is 14.7 Å². The van der Waals surface area contributed by atoms with Crippen molar-refractivity contribution in [3.63, 3.8) is 0 Å². The number of benzene rings is 1. The van der Waals surface area contributed by atoms with Gasteiger partial charge in [0.2, 0.25) is 5.91 Å². The van der Waals surface area contributed by atoms with Gasteiger partial charge in [0, 0.05) is 11.0 Å². The Bertz CT molecular complexity index is 514. The normalized spacial score (nSPS) is 22.6. The summed E-state index contributed by atoms with van der Waals surface area (Å²) >= 11 is 3.35. The third-order valence-corrected chi connectivity index (χ3v) is 4.45. The zero-order chi connectivity index (χ0) is 14.8. The lowest BCUT2D eigenvalue weighted by atomic mass is 9.88. The van der Waals surface area contributed by atoms with Crippen LogP contribution in [0.1, 0.15) is 31.7 Å². The summed E-state index contributed by atoms with van der Waals surface area (Å²) in [6.07, 6.45) is 2.49. The summed E-state index contributed by atoms with van der Waals surface area (Å²) in [5.41, 5.74) is -0.165. The van der Waals surface area contributed by atoms with Crippen molar-refractivity contribution >= 4 is 27.8 Å². The summed E-state index contributed by atoms with van der Waals surface area (Å²) in [4.78, 5) is 25.4. The minimum atomic E-state index is -1.06. The molecule has 2 rings (SSSR count). The maximum Gasteiger partial charge on any atom is 0.329 e. The molecule has 1 unspecified atom stereocenters. The molecular formula is C15H18BrNO3. The number of hydrogen-bond acceptors (Lipinski definition) is 2. The molecule has 1 atom stereocenters. The molecule has 0 spiro atoms. The number of amides is 1. The van der Waals surface area contributed by atoms with E-state index in [1.54, 1.807) is 6.92 Å². The van der Waals surface area contributed by atoms with Crippen LogP contribution in [0.4, 0.5) is 0 Å². The van der Waals surface area contributed by atoms with Gasteiger partial charge in [0.25, 0.3) is 0 Å². The van der Waals surface area contributed by atoms with Gasteiger partial charge in [-0.15, -0.1) is 0 Å². The number of halogens is 1. The fraction of sp³-hybridized carbons (Fsp3) is 0.467. The summed E-state index contributed by atoms with van der Waals surface area (Å²) in [6, 6.07) is 7.53. The average Bonchev–Trinajstić information content (AvgIpc) is 2.41. The van der Waals surface area contributed by atoms with Crippen LogP contribution in [0.5, 0.6) is 0 Å². The summed E-state index contributed by atoms with van der Waals surface area (Å²) in [6.45, 7) is 2.17. The second kappa shape index (κ2) is 5.95. The van der Waals surface area contributed by atoms with Gasteiger partial charge in [0.1, 0.15) is 5.54 Å². The van der Waals surface area contributed by atoms with E-state index in [1.165, 1.54) is 4.90 Å². The van der Waals surface area contributed by atoms with Gasteiger partial charge in [-0.1, -0.05) is 28.1 Å².